The number of nitrogens with one attached hydrogen (secondary N) is 1. The van der Waals surface area contributed by atoms with Crippen molar-refractivity contribution in [3.63, 3.8) is 0 Å². The van der Waals surface area contributed by atoms with Gasteiger partial charge in [0, 0.05) is 0 Å². The number of aryl methyl sites for hydroxylation is 2. The summed E-state index contributed by atoms with van der Waals surface area (Å²) in [7, 11) is 0. The van der Waals surface area contributed by atoms with Gasteiger partial charge in [-0.2, -0.15) is 0 Å². The maximum Gasteiger partial charge on any atom is 0.412 e. The highest BCUT2D eigenvalue weighted by Crippen LogP contribution is 2.38. The Balaban J connectivity index is 1.76. The normalized spacial score (nSPS) is 16.4. The van der Waals surface area contributed by atoms with Crippen LogP contribution in [0.15, 0.2) is 6.07 Å². The quantitative estimate of drug-likeness (QED) is 0.866. The van der Waals surface area contributed by atoms with Gasteiger partial charge >= 0.3 is 12.1 Å². The fourth-order valence-corrected chi connectivity index (χ4v) is 3.57. The number of benzene rings is 1. The summed E-state index contributed by atoms with van der Waals surface area (Å²) in [5.74, 6) is -0.522. The van der Waals surface area contributed by atoms with E-state index < -0.39 is 18.2 Å². The Bertz CT molecular complexity index is 606. The SMILES string of the molecule is CCOC(=O)[C@@H](C)OC(=O)Nc1c2c(cc3c1CCC3)CCC2. The number of hydrogen-bond donors (Lipinski definition) is 1. The molecule has 3 rings (SSSR count). The van der Waals surface area contributed by atoms with Gasteiger partial charge in [0.1, 0.15) is 0 Å². The van der Waals surface area contributed by atoms with E-state index in [1.807, 2.05) is 0 Å². The highest BCUT2D eigenvalue weighted by molar-refractivity contribution is 5.90. The molecule has 1 N–H and O–H groups in total. The number of anilines is 1. The molecular weight excluding hydrogens is 294 g/mol. The van der Waals surface area contributed by atoms with Gasteiger partial charge in [0.15, 0.2) is 6.10 Å². The van der Waals surface area contributed by atoms with Crippen molar-refractivity contribution in [2.45, 2.75) is 58.5 Å². The van der Waals surface area contributed by atoms with E-state index in [4.69, 9.17) is 9.47 Å². The molecule has 0 aromatic heterocycles. The van der Waals surface area contributed by atoms with Crippen LogP contribution in [0.1, 0.15) is 48.9 Å². The van der Waals surface area contributed by atoms with Gasteiger partial charge in [0.2, 0.25) is 0 Å². The van der Waals surface area contributed by atoms with Crippen LogP contribution in [0.4, 0.5) is 10.5 Å². The minimum Gasteiger partial charge on any atom is -0.463 e. The second kappa shape index (κ2) is 6.60. The number of hydrogen-bond acceptors (Lipinski definition) is 4. The minimum absolute atomic E-state index is 0.272. The van der Waals surface area contributed by atoms with Crippen LogP contribution >= 0.6 is 0 Å². The maximum absolute atomic E-state index is 12.2. The van der Waals surface area contributed by atoms with Gasteiger partial charge in [0.05, 0.1) is 12.3 Å². The predicted molar refractivity (Wildman–Crippen MR) is 86.7 cm³/mol. The van der Waals surface area contributed by atoms with Crippen LogP contribution in [0.2, 0.25) is 0 Å². The highest BCUT2D eigenvalue weighted by atomic mass is 16.6. The second-order valence-corrected chi connectivity index (χ2v) is 6.16. The molecule has 5 nitrogen and oxygen atoms in total. The van der Waals surface area contributed by atoms with Gasteiger partial charge in [-0.15, -0.1) is 0 Å². The van der Waals surface area contributed by atoms with E-state index in [0.29, 0.717) is 0 Å². The van der Waals surface area contributed by atoms with E-state index in [-0.39, 0.29) is 6.61 Å². The lowest BCUT2D eigenvalue weighted by Crippen LogP contribution is -2.29. The summed E-state index contributed by atoms with van der Waals surface area (Å²) >= 11 is 0. The van der Waals surface area contributed by atoms with E-state index in [1.54, 1.807) is 6.92 Å². The van der Waals surface area contributed by atoms with Crippen molar-refractivity contribution in [3.05, 3.63) is 28.3 Å². The summed E-state index contributed by atoms with van der Waals surface area (Å²) in [5, 5.41) is 2.90. The second-order valence-electron chi connectivity index (χ2n) is 6.16. The minimum atomic E-state index is -0.903. The molecule has 1 amide bonds. The van der Waals surface area contributed by atoms with E-state index in [2.05, 4.69) is 11.4 Å². The van der Waals surface area contributed by atoms with Crippen LogP contribution in [0.5, 0.6) is 0 Å². The Labute approximate surface area is 136 Å². The summed E-state index contributed by atoms with van der Waals surface area (Å²) in [5.41, 5.74) is 6.10. The van der Waals surface area contributed by atoms with Gasteiger partial charge in [-0.25, -0.2) is 9.59 Å². The third-order valence-corrected chi connectivity index (χ3v) is 4.60. The maximum atomic E-state index is 12.2. The van der Waals surface area contributed by atoms with Gasteiger partial charge in [-0.3, -0.25) is 5.32 Å². The molecule has 1 aromatic carbocycles. The first-order valence-corrected chi connectivity index (χ1v) is 8.41. The fourth-order valence-electron chi connectivity index (χ4n) is 3.57. The number of carbonyl (C=O) groups is 2. The summed E-state index contributed by atoms with van der Waals surface area (Å²) in [6, 6.07) is 2.31. The zero-order valence-electron chi connectivity index (χ0n) is 13.7. The van der Waals surface area contributed by atoms with Crippen molar-refractivity contribution >= 4 is 17.7 Å². The summed E-state index contributed by atoms with van der Waals surface area (Å²) < 4.78 is 10.0. The molecule has 0 bridgehead atoms. The van der Waals surface area contributed by atoms with Crippen LogP contribution in [0.3, 0.4) is 0 Å². The van der Waals surface area contributed by atoms with Crippen molar-refractivity contribution in [3.8, 4) is 0 Å². The summed E-state index contributed by atoms with van der Waals surface area (Å²) in [6.07, 6.45) is 4.90. The highest BCUT2D eigenvalue weighted by Gasteiger charge is 2.26. The molecule has 0 heterocycles. The molecule has 1 aromatic rings. The first kappa shape index (κ1) is 15.8. The van der Waals surface area contributed by atoms with E-state index in [0.717, 1.165) is 44.2 Å². The van der Waals surface area contributed by atoms with Gasteiger partial charge < -0.3 is 9.47 Å². The first-order valence-electron chi connectivity index (χ1n) is 8.41. The van der Waals surface area contributed by atoms with Gasteiger partial charge in [-0.1, -0.05) is 6.07 Å². The van der Waals surface area contributed by atoms with Gasteiger partial charge in [0.25, 0.3) is 0 Å². The number of rotatable bonds is 4. The Morgan fingerprint density at radius 3 is 2.30 bits per heavy atom. The average molecular weight is 317 g/mol. The zero-order chi connectivity index (χ0) is 16.4. The number of amides is 1. The lowest BCUT2D eigenvalue weighted by molar-refractivity contribution is -0.151. The molecule has 0 fully saturated rings. The molecule has 0 aliphatic heterocycles. The Morgan fingerprint density at radius 1 is 1.13 bits per heavy atom. The molecule has 124 valence electrons. The lowest BCUT2D eigenvalue weighted by atomic mass is 9.99. The molecule has 0 saturated carbocycles. The summed E-state index contributed by atoms with van der Waals surface area (Å²) in [6.45, 7) is 3.52. The van der Waals surface area contributed by atoms with Crippen LogP contribution in [0.25, 0.3) is 0 Å². The number of esters is 1. The summed E-state index contributed by atoms with van der Waals surface area (Å²) in [4.78, 5) is 23.8. The lowest BCUT2D eigenvalue weighted by Gasteiger charge is -2.17. The van der Waals surface area contributed by atoms with Crippen LogP contribution < -0.4 is 5.32 Å². The molecular formula is C18H23NO4. The largest absolute Gasteiger partial charge is 0.463 e. The van der Waals surface area contributed by atoms with Crippen LogP contribution in [-0.4, -0.2) is 24.8 Å². The first-order chi connectivity index (χ1) is 11.1. The number of ether oxygens (including phenoxy) is 2. The van der Waals surface area contributed by atoms with Crippen LogP contribution in [-0.2, 0) is 40.0 Å². The van der Waals surface area contributed by atoms with Crippen LogP contribution in [0, 0.1) is 0 Å². The average Bonchev–Trinajstić information content (AvgIpc) is 3.15. The van der Waals surface area contributed by atoms with Gasteiger partial charge in [-0.05, 0) is 74.6 Å². The smallest absolute Gasteiger partial charge is 0.412 e. The number of carbonyl (C=O) groups excluding carboxylic acids is 2. The molecule has 0 spiro atoms. The topological polar surface area (TPSA) is 64.6 Å². The standard InChI is InChI=1S/C18H23NO4/c1-3-22-17(20)11(2)23-18(21)19-16-14-8-4-6-12(14)10-13-7-5-9-15(13)16/h10-11H,3-9H2,1-2H3,(H,19,21)/t11-/m1/s1. The molecule has 1 atom stereocenters. The van der Waals surface area contributed by atoms with Crippen molar-refractivity contribution in [1.82, 2.24) is 0 Å². The third kappa shape index (κ3) is 3.19. The van der Waals surface area contributed by atoms with Crippen molar-refractivity contribution in [1.29, 1.82) is 0 Å². The van der Waals surface area contributed by atoms with E-state index in [9.17, 15) is 9.59 Å². The van der Waals surface area contributed by atoms with E-state index in [1.165, 1.54) is 29.2 Å². The zero-order valence-corrected chi connectivity index (χ0v) is 13.7. The molecule has 23 heavy (non-hydrogen) atoms. The predicted octanol–water partition coefficient (Wildman–Crippen LogP) is 3.16. The Kier molecular flexibility index (Phi) is 4.55. The molecule has 5 heteroatoms. The number of fused-ring (bicyclic) bond motifs is 2. The Morgan fingerprint density at radius 2 is 1.74 bits per heavy atom. The molecule has 0 saturated heterocycles. The molecule has 2 aliphatic carbocycles. The Hall–Kier alpha value is -2.04. The monoisotopic (exact) mass is 317 g/mol. The van der Waals surface area contributed by atoms with Crippen molar-refractivity contribution < 1.29 is 19.1 Å². The molecule has 0 radical (unpaired) electrons. The van der Waals surface area contributed by atoms with E-state index >= 15 is 0 Å². The van der Waals surface area contributed by atoms with Crippen molar-refractivity contribution in [2.24, 2.45) is 0 Å². The third-order valence-electron chi connectivity index (χ3n) is 4.60. The molecule has 2 aliphatic rings. The fraction of sp³-hybridized carbons (Fsp3) is 0.556. The molecule has 0 unspecified atom stereocenters. The van der Waals surface area contributed by atoms with Crippen molar-refractivity contribution in [2.75, 3.05) is 11.9 Å².